The highest BCUT2D eigenvalue weighted by molar-refractivity contribution is 5.28. The Labute approximate surface area is 101 Å². The lowest BCUT2D eigenvalue weighted by atomic mass is 9.89. The predicted molar refractivity (Wildman–Crippen MR) is 63.8 cm³/mol. The van der Waals surface area contributed by atoms with Crippen molar-refractivity contribution in [3.63, 3.8) is 0 Å². The molecule has 0 aliphatic carbocycles. The van der Waals surface area contributed by atoms with Gasteiger partial charge in [-0.1, -0.05) is 12.1 Å². The molecule has 4 heteroatoms. The number of rotatable bonds is 3. The van der Waals surface area contributed by atoms with Gasteiger partial charge in [-0.25, -0.2) is 8.78 Å². The molecule has 0 saturated heterocycles. The van der Waals surface area contributed by atoms with Crippen molar-refractivity contribution in [2.75, 3.05) is 14.1 Å². The smallest absolute Gasteiger partial charge is 0.164 e. The molecule has 0 bridgehead atoms. The molecule has 0 spiro atoms. The van der Waals surface area contributed by atoms with E-state index in [4.69, 9.17) is 0 Å². The summed E-state index contributed by atoms with van der Waals surface area (Å²) in [4.78, 5) is 1.77. The fourth-order valence-electron chi connectivity index (χ4n) is 1.50. The Bertz CT molecular complexity index is 416. The summed E-state index contributed by atoms with van der Waals surface area (Å²) in [6.07, 6.45) is -1.09. The van der Waals surface area contributed by atoms with Crippen molar-refractivity contribution in [3.05, 3.63) is 34.9 Å². The van der Waals surface area contributed by atoms with E-state index < -0.39 is 23.3 Å². The van der Waals surface area contributed by atoms with Crippen LogP contribution in [0.25, 0.3) is 0 Å². The van der Waals surface area contributed by atoms with Crippen LogP contribution in [-0.2, 0) is 0 Å². The minimum atomic E-state index is -1.09. The van der Waals surface area contributed by atoms with Gasteiger partial charge in [0.1, 0.15) is 0 Å². The van der Waals surface area contributed by atoms with Crippen molar-refractivity contribution < 1.29 is 13.9 Å². The maximum Gasteiger partial charge on any atom is 0.164 e. The highest BCUT2D eigenvalue weighted by atomic mass is 19.2. The van der Waals surface area contributed by atoms with E-state index in [-0.39, 0.29) is 11.1 Å². The van der Waals surface area contributed by atoms with Gasteiger partial charge >= 0.3 is 0 Å². The molecule has 0 aromatic heterocycles. The summed E-state index contributed by atoms with van der Waals surface area (Å²) in [7, 11) is 3.57. The summed E-state index contributed by atoms with van der Waals surface area (Å²) < 4.78 is 27.2. The quantitative estimate of drug-likeness (QED) is 0.882. The van der Waals surface area contributed by atoms with Crippen molar-refractivity contribution in [1.82, 2.24) is 4.90 Å². The van der Waals surface area contributed by atoms with Crippen LogP contribution in [0.15, 0.2) is 12.1 Å². The maximum atomic E-state index is 13.8. The molecule has 0 aliphatic heterocycles. The third-order valence-corrected chi connectivity index (χ3v) is 3.42. The first kappa shape index (κ1) is 14.1. The van der Waals surface area contributed by atoms with Crippen molar-refractivity contribution >= 4 is 0 Å². The fourth-order valence-corrected chi connectivity index (χ4v) is 1.50. The molecule has 17 heavy (non-hydrogen) atoms. The number of likely N-dealkylation sites (N-methyl/N-ethyl adjacent to an activating group) is 1. The van der Waals surface area contributed by atoms with Crippen molar-refractivity contribution in [1.29, 1.82) is 0 Å². The van der Waals surface area contributed by atoms with Crippen molar-refractivity contribution in [3.8, 4) is 0 Å². The van der Waals surface area contributed by atoms with Crippen LogP contribution in [0.3, 0.4) is 0 Å². The minimum absolute atomic E-state index is 0.00759. The van der Waals surface area contributed by atoms with E-state index in [0.717, 1.165) is 0 Å². The molecule has 1 N–H and O–H groups in total. The van der Waals surface area contributed by atoms with Gasteiger partial charge in [0.2, 0.25) is 0 Å². The van der Waals surface area contributed by atoms with E-state index >= 15 is 0 Å². The molecule has 0 radical (unpaired) electrons. The number of aliphatic hydroxyl groups excluding tert-OH is 1. The summed E-state index contributed by atoms with van der Waals surface area (Å²) >= 11 is 0. The highest BCUT2D eigenvalue weighted by Gasteiger charge is 2.33. The monoisotopic (exact) mass is 243 g/mol. The predicted octanol–water partition coefficient (Wildman–Crippen LogP) is 2.65. The molecule has 0 heterocycles. The Morgan fingerprint density at radius 3 is 2.18 bits per heavy atom. The molecule has 0 fully saturated rings. The Balaban J connectivity index is 3.22. The van der Waals surface area contributed by atoms with E-state index in [0.29, 0.717) is 0 Å². The molecule has 0 saturated carbocycles. The van der Waals surface area contributed by atoms with Crippen LogP contribution in [0.4, 0.5) is 8.78 Å². The largest absolute Gasteiger partial charge is 0.386 e. The van der Waals surface area contributed by atoms with Gasteiger partial charge in [0.25, 0.3) is 0 Å². The number of benzene rings is 1. The van der Waals surface area contributed by atoms with Gasteiger partial charge in [-0.15, -0.1) is 0 Å². The standard InChI is InChI=1S/C13H19F2NO/c1-8-6-7-9(11(15)10(8)14)12(17)13(2,3)16(4)5/h6-7,12,17H,1-5H3. The normalized spacial score (nSPS) is 14.2. The third kappa shape index (κ3) is 2.48. The van der Waals surface area contributed by atoms with Crippen LogP contribution >= 0.6 is 0 Å². The molecule has 1 rings (SSSR count). The lowest BCUT2D eigenvalue weighted by Crippen LogP contribution is -2.44. The summed E-state index contributed by atoms with van der Waals surface area (Å²) in [5.74, 6) is -1.86. The Kier molecular flexibility index (Phi) is 3.89. The second kappa shape index (κ2) is 4.70. The number of aliphatic hydroxyl groups is 1. The van der Waals surface area contributed by atoms with E-state index in [9.17, 15) is 13.9 Å². The van der Waals surface area contributed by atoms with E-state index in [1.54, 1.807) is 32.8 Å². The Morgan fingerprint density at radius 1 is 1.18 bits per heavy atom. The zero-order chi connectivity index (χ0) is 13.4. The molecule has 0 amide bonds. The fraction of sp³-hybridized carbons (Fsp3) is 0.538. The van der Waals surface area contributed by atoms with Gasteiger partial charge in [-0.3, -0.25) is 0 Å². The first-order valence-electron chi connectivity index (χ1n) is 5.49. The molecule has 1 atom stereocenters. The maximum absolute atomic E-state index is 13.8. The average Bonchev–Trinajstić information content (AvgIpc) is 2.25. The van der Waals surface area contributed by atoms with Crippen LogP contribution in [0.2, 0.25) is 0 Å². The van der Waals surface area contributed by atoms with Crippen LogP contribution in [0, 0.1) is 18.6 Å². The van der Waals surface area contributed by atoms with Crippen LogP contribution < -0.4 is 0 Å². The summed E-state index contributed by atoms with van der Waals surface area (Å²) in [6.45, 7) is 5.04. The first-order chi connectivity index (χ1) is 7.69. The Morgan fingerprint density at radius 2 is 1.71 bits per heavy atom. The number of hydrogen-bond donors (Lipinski definition) is 1. The number of nitrogens with zero attached hydrogens (tertiary/aromatic N) is 1. The molecule has 1 unspecified atom stereocenters. The zero-order valence-corrected chi connectivity index (χ0v) is 10.9. The van der Waals surface area contributed by atoms with Crippen molar-refractivity contribution in [2.24, 2.45) is 0 Å². The molecule has 2 nitrogen and oxygen atoms in total. The summed E-state index contributed by atoms with van der Waals surface area (Å²) in [5.41, 5.74) is -0.448. The van der Waals surface area contributed by atoms with Crippen LogP contribution in [-0.4, -0.2) is 29.6 Å². The lowest BCUT2D eigenvalue weighted by molar-refractivity contribution is 0.0138. The van der Waals surface area contributed by atoms with Gasteiger partial charge in [0.05, 0.1) is 6.10 Å². The second-order valence-electron chi connectivity index (χ2n) is 5.05. The first-order valence-corrected chi connectivity index (χ1v) is 5.49. The average molecular weight is 243 g/mol. The lowest BCUT2D eigenvalue weighted by Gasteiger charge is -2.37. The summed E-state index contributed by atoms with van der Waals surface area (Å²) in [5, 5.41) is 10.2. The number of hydrogen-bond acceptors (Lipinski definition) is 2. The molecule has 96 valence electrons. The van der Waals surface area contributed by atoms with Gasteiger partial charge in [0.15, 0.2) is 11.6 Å². The van der Waals surface area contributed by atoms with Crippen LogP contribution in [0.5, 0.6) is 0 Å². The van der Waals surface area contributed by atoms with Gasteiger partial charge in [-0.05, 0) is 40.4 Å². The van der Waals surface area contributed by atoms with E-state index in [1.807, 2.05) is 0 Å². The third-order valence-electron chi connectivity index (χ3n) is 3.42. The summed E-state index contributed by atoms with van der Waals surface area (Å²) in [6, 6.07) is 2.91. The van der Waals surface area contributed by atoms with E-state index in [2.05, 4.69) is 0 Å². The van der Waals surface area contributed by atoms with Gasteiger partial charge in [0, 0.05) is 11.1 Å². The topological polar surface area (TPSA) is 23.5 Å². The second-order valence-corrected chi connectivity index (χ2v) is 5.05. The zero-order valence-electron chi connectivity index (χ0n) is 10.9. The van der Waals surface area contributed by atoms with E-state index in [1.165, 1.54) is 19.1 Å². The van der Waals surface area contributed by atoms with Gasteiger partial charge < -0.3 is 10.0 Å². The van der Waals surface area contributed by atoms with Crippen molar-refractivity contribution in [2.45, 2.75) is 32.4 Å². The molecule has 1 aromatic rings. The number of aryl methyl sites for hydroxylation is 1. The Hall–Kier alpha value is -1.00. The molecule has 0 aliphatic rings. The van der Waals surface area contributed by atoms with Crippen LogP contribution in [0.1, 0.15) is 31.1 Å². The molecular weight excluding hydrogens is 224 g/mol. The SMILES string of the molecule is Cc1ccc(C(O)C(C)(C)N(C)C)c(F)c1F. The highest BCUT2D eigenvalue weighted by Crippen LogP contribution is 2.32. The van der Waals surface area contributed by atoms with Gasteiger partial charge in [-0.2, -0.15) is 0 Å². The molecular formula is C13H19F2NO. The minimum Gasteiger partial charge on any atom is -0.386 e. The molecule has 1 aromatic carbocycles. The number of halogens is 2.